The maximum atomic E-state index is 11.8. The second-order valence-corrected chi connectivity index (χ2v) is 3.55. The predicted molar refractivity (Wildman–Crippen MR) is 59.3 cm³/mol. The lowest BCUT2D eigenvalue weighted by atomic mass is 10.2. The quantitative estimate of drug-likeness (QED) is 0.786. The molecule has 0 aliphatic carbocycles. The molecule has 1 aromatic rings. The summed E-state index contributed by atoms with van der Waals surface area (Å²) in [6.07, 6.45) is 0.636. The maximum absolute atomic E-state index is 11.8. The summed E-state index contributed by atoms with van der Waals surface area (Å²) in [6, 6.07) is 8.40. The molecule has 2 rings (SSSR count). The van der Waals surface area contributed by atoms with Crippen LogP contribution in [0, 0.1) is 0 Å². The van der Waals surface area contributed by atoms with Crippen LogP contribution in [0.1, 0.15) is 6.42 Å². The van der Waals surface area contributed by atoms with Crippen LogP contribution in [-0.2, 0) is 14.4 Å². The van der Waals surface area contributed by atoms with E-state index in [2.05, 4.69) is 0 Å². The first-order valence-electron chi connectivity index (χ1n) is 4.95. The van der Waals surface area contributed by atoms with Gasteiger partial charge in [-0.3, -0.25) is 14.4 Å². The van der Waals surface area contributed by atoms with E-state index >= 15 is 0 Å². The number of hydrogen-bond donors (Lipinski definition) is 1. The molecule has 0 spiro atoms. The summed E-state index contributed by atoms with van der Waals surface area (Å²) in [7, 11) is 0. The van der Waals surface area contributed by atoms with Gasteiger partial charge in [-0.15, -0.1) is 0 Å². The number of carboxylic acids is 1. The maximum Gasteiger partial charge on any atom is 0.308 e. The SMILES string of the molecule is O=C(O)CC1=CC(=O)N(c2ccccc2)C1=O. The molecule has 1 aliphatic heterocycles. The van der Waals surface area contributed by atoms with Crippen LogP contribution in [0.5, 0.6) is 0 Å². The van der Waals surface area contributed by atoms with Crippen molar-refractivity contribution in [1.29, 1.82) is 0 Å². The standard InChI is InChI=1S/C12H9NO4/c14-10-6-8(7-11(15)16)12(17)13(10)9-4-2-1-3-5-9/h1-6H,7H2,(H,15,16). The number of carbonyl (C=O) groups is 3. The molecule has 86 valence electrons. The normalized spacial score (nSPS) is 15.1. The number of imide groups is 1. The third kappa shape index (κ3) is 2.08. The van der Waals surface area contributed by atoms with E-state index in [4.69, 9.17) is 5.11 Å². The van der Waals surface area contributed by atoms with Gasteiger partial charge in [0.1, 0.15) is 0 Å². The third-order valence-corrected chi connectivity index (χ3v) is 2.35. The minimum Gasteiger partial charge on any atom is -0.481 e. The molecule has 0 saturated heterocycles. The molecule has 0 bridgehead atoms. The van der Waals surface area contributed by atoms with Gasteiger partial charge in [0.15, 0.2) is 0 Å². The van der Waals surface area contributed by atoms with Crippen LogP contribution in [0.2, 0.25) is 0 Å². The van der Waals surface area contributed by atoms with E-state index in [1.807, 2.05) is 0 Å². The lowest BCUT2D eigenvalue weighted by Crippen LogP contribution is -2.31. The Morgan fingerprint density at radius 1 is 1.18 bits per heavy atom. The number of amides is 2. The van der Waals surface area contributed by atoms with E-state index in [0.717, 1.165) is 11.0 Å². The number of para-hydroxylation sites is 1. The molecule has 0 aromatic heterocycles. The molecule has 0 atom stereocenters. The Labute approximate surface area is 97.0 Å². The van der Waals surface area contributed by atoms with Crippen molar-refractivity contribution in [2.75, 3.05) is 4.90 Å². The number of rotatable bonds is 3. The largest absolute Gasteiger partial charge is 0.481 e. The van der Waals surface area contributed by atoms with E-state index in [0.29, 0.717) is 5.69 Å². The molecule has 17 heavy (non-hydrogen) atoms. The summed E-state index contributed by atoms with van der Waals surface area (Å²) in [5, 5.41) is 8.61. The zero-order chi connectivity index (χ0) is 12.4. The van der Waals surface area contributed by atoms with Crippen molar-refractivity contribution in [2.24, 2.45) is 0 Å². The fourth-order valence-corrected chi connectivity index (χ4v) is 1.63. The van der Waals surface area contributed by atoms with Crippen molar-refractivity contribution >= 4 is 23.5 Å². The lowest BCUT2D eigenvalue weighted by Gasteiger charge is -2.14. The average Bonchev–Trinajstić information content (AvgIpc) is 2.54. The van der Waals surface area contributed by atoms with Gasteiger partial charge in [0.05, 0.1) is 12.1 Å². The molecule has 0 radical (unpaired) electrons. The van der Waals surface area contributed by atoms with E-state index in [1.54, 1.807) is 30.3 Å². The van der Waals surface area contributed by atoms with Crippen molar-refractivity contribution in [3.63, 3.8) is 0 Å². The Bertz CT molecular complexity index is 519. The van der Waals surface area contributed by atoms with E-state index in [1.165, 1.54) is 0 Å². The zero-order valence-corrected chi connectivity index (χ0v) is 8.79. The molecular weight excluding hydrogens is 222 g/mol. The van der Waals surface area contributed by atoms with E-state index < -0.39 is 24.2 Å². The number of nitrogens with zero attached hydrogens (tertiary/aromatic N) is 1. The van der Waals surface area contributed by atoms with Crippen LogP contribution in [0.15, 0.2) is 42.0 Å². The van der Waals surface area contributed by atoms with Crippen LogP contribution in [0.3, 0.4) is 0 Å². The second-order valence-electron chi connectivity index (χ2n) is 3.55. The first-order valence-corrected chi connectivity index (χ1v) is 4.95. The second kappa shape index (κ2) is 4.21. The third-order valence-electron chi connectivity index (χ3n) is 2.35. The number of aliphatic carboxylic acids is 1. The minimum absolute atomic E-state index is 0.00588. The summed E-state index contributed by atoms with van der Waals surface area (Å²) in [5.41, 5.74) is 0.450. The number of anilines is 1. The van der Waals surface area contributed by atoms with Gasteiger partial charge in [-0.05, 0) is 12.1 Å². The molecule has 0 unspecified atom stereocenters. The summed E-state index contributed by atoms with van der Waals surface area (Å²) in [5.74, 6) is -2.20. The summed E-state index contributed by atoms with van der Waals surface area (Å²) < 4.78 is 0. The first kappa shape index (κ1) is 11.1. The highest BCUT2D eigenvalue weighted by atomic mass is 16.4. The van der Waals surface area contributed by atoms with Crippen molar-refractivity contribution < 1.29 is 19.5 Å². The van der Waals surface area contributed by atoms with Gasteiger partial charge < -0.3 is 5.11 Å². The molecule has 5 heteroatoms. The van der Waals surface area contributed by atoms with Crippen LogP contribution >= 0.6 is 0 Å². The van der Waals surface area contributed by atoms with Crippen LogP contribution in [-0.4, -0.2) is 22.9 Å². The van der Waals surface area contributed by atoms with Crippen molar-refractivity contribution in [1.82, 2.24) is 0 Å². The molecule has 1 aromatic carbocycles. The molecule has 5 nitrogen and oxygen atoms in total. The highest BCUT2D eigenvalue weighted by Crippen LogP contribution is 2.23. The van der Waals surface area contributed by atoms with Crippen molar-refractivity contribution in [3.05, 3.63) is 42.0 Å². The monoisotopic (exact) mass is 231 g/mol. The molecule has 1 heterocycles. The van der Waals surface area contributed by atoms with Gasteiger partial charge in [0.2, 0.25) is 0 Å². The van der Waals surface area contributed by atoms with Crippen molar-refractivity contribution in [3.8, 4) is 0 Å². The van der Waals surface area contributed by atoms with Gasteiger partial charge in [-0.25, -0.2) is 4.90 Å². The number of carbonyl (C=O) groups excluding carboxylic acids is 2. The minimum atomic E-state index is -1.13. The van der Waals surface area contributed by atoms with Gasteiger partial charge in [-0.2, -0.15) is 0 Å². The highest BCUT2D eigenvalue weighted by molar-refractivity contribution is 6.31. The summed E-state index contributed by atoms with van der Waals surface area (Å²) in [6.45, 7) is 0. The summed E-state index contributed by atoms with van der Waals surface area (Å²) in [4.78, 5) is 34.9. The average molecular weight is 231 g/mol. The summed E-state index contributed by atoms with van der Waals surface area (Å²) >= 11 is 0. The molecule has 2 amide bonds. The Hall–Kier alpha value is -2.43. The smallest absolute Gasteiger partial charge is 0.308 e. The number of carboxylic acid groups (broad SMARTS) is 1. The van der Waals surface area contributed by atoms with Gasteiger partial charge in [-0.1, -0.05) is 18.2 Å². The number of benzene rings is 1. The Morgan fingerprint density at radius 3 is 2.41 bits per heavy atom. The van der Waals surface area contributed by atoms with E-state index in [-0.39, 0.29) is 5.57 Å². The van der Waals surface area contributed by atoms with Crippen molar-refractivity contribution in [2.45, 2.75) is 6.42 Å². The fraction of sp³-hybridized carbons (Fsp3) is 0.0833. The van der Waals surface area contributed by atoms with Gasteiger partial charge in [0.25, 0.3) is 11.8 Å². The van der Waals surface area contributed by atoms with Crippen LogP contribution in [0.4, 0.5) is 5.69 Å². The molecule has 1 N–H and O–H groups in total. The highest BCUT2D eigenvalue weighted by Gasteiger charge is 2.32. The Kier molecular flexibility index (Phi) is 2.74. The van der Waals surface area contributed by atoms with Crippen LogP contribution in [0.25, 0.3) is 0 Å². The fourth-order valence-electron chi connectivity index (χ4n) is 1.63. The predicted octanol–water partition coefficient (Wildman–Crippen LogP) is 0.961. The first-order chi connectivity index (χ1) is 8.09. The van der Waals surface area contributed by atoms with Crippen LogP contribution < -0.4 is 4.90 Å². The zero-order valence-electron chi connectivity index (χ0n) is 8.79. The molecule has 0 saturated carbocycles. The van der Waals surface area contributed by atoms with Gasteiger partial charge >= 0.3 is 5.97 Å². The Balaban J connectivity index is 2.28. The van der Waals surface area contributed by atoms with Gasteiger partial charge in [0, 0.05) is 11.6 Å². The Morgan fingerprint density at radius 2 is 1.82 bits per heavy atom. The van der Waals surface area contributed by atoms with E-state index in [9.17, 15) is 14.4 Å². The molecular formula is C12H9NO4. The lowest BCUT2D eigenvalue weighted by molar-refractivity contribution is -0.137. The molecule has 0 fully saturated rings. The number of hydrogen-bond acceptors (Lipinski definition) is 3. The molecule has 1 aliphatic rings. The topological polar surface area (TPSA) is 74.7 Å².